The van der Waals surface area contributed by atoms with E-state index in [0.717, 1.165) is 5.56 Å². The van der Waals surface area contributed by atoms with Crippen LogP contribution < -0.4 is 10.1 Å². The van der Waals surface area contributed by atoms with E-state index in [9.17, 15) is 9.18 Å². The Morgan fingerprint density at radius 3 is 2.68 bits per heavy atom. The van der Waals surface area contributed by atoms with Crippen LogP contribution in [0, 0.1) is 5.82 Å². The third kappa shape index (κ3) is 3.75. The zero-order valence-corrected chi connectivity index (χ0v) is 11.3. The van der Waals surface area contributed by atoms with E-state index in [1.54, 1.807) is 17.5 Å². The van der Waals surface area contributed by atoms with E-state index in [1.807, 2.05) is 13.8 Å². The fourth-order valence-corrected chi connectivity index (χ4v) is 2.12. The topological polar surface area (TPSA) is 51.2 Å². The Morgan fingerprint density at radius 2 is 2.05 bits per heavy atom. The van der Waals surface area contributed by atoms with Crippen LogP contribution >= 0.6 is 11.3 Å². The Hall–Kier alpha value is -1.95. The predicted molar refractivity (Wildman–Crippen MR) is 71.8 cm³/mol. The zero-order valence-electron chi connectivity index (χ0n) is 10.5. The minimum atomic E-state index is -0.536. The van der Waals surface area contributed by atoms with Gasteiger partial charge in [0.15, 0.2) is 0 Å². The molecule has 0 bridgehead atoms. The first kappa shape index (κ1) is 13.5. The molecule has 100 valence electrons. The molecule has 6 heteroatoms. The summed E-state index contributed by atoms with van der Waals surface area (Å²) in [5.74, 6) is -0.0597. The molecule has 0 aliphatic rings. The van der Waals surface area contributed by atoms with Gasteiger partial charge in [-0.25, -0.2) is 14.2 Å². The fraction of sp³-hybridized carbons (Fsp3) is 0.231. The number of aromatic nitrogens is 1. The lowest BCUT2D eigenvalue weighted by Crippen LogP contribution is -2.32. The lowest BCUT2D eigenvalue weighted by atomic mass is 10.2. The van der Waals surface area contributed by atoms with Crippen molar-refractivity contribution in [3.63, 3.8) is 0 Å². The van der Waals surface area contributed by atoms with Gasteiger partial charge in [-0.2, -0.15) is 0 Å². The number of benzene rings is 1. The molecule has 0 radical (unpaired) electrons. The number of halogens is 1. The molecule has 1 heterocycles. The first-order valence-electron chi connectivity index (χ1n) is 5.74. The molecule has 0 saturated carbocycles. The number of nitrogens with zero attached hydrogens (tertiary/aromatic N) is 1. The summed E-state index contributed by atoms with van der Waals surface area (Å²) in [7, 11) is 0. The molecule has 1 amide bonds. The SMILES string of the molecule is CC(C)NC(=O)Oc1csc(-c2ccc(F)cc2)n1. The van der Waals surface area contributed by atoms with E-state index in [-0.39, 0.29) is 17.7 Å². The van der Waals surface area contributed by atoms with E-state index in [0.29, 0.717) is 5.01 Å². The van der Waals surface area contributed by atoms with Crippen LogP contribution in [0.5, 0.6) is 5.88 Å². The van der Waals surface area contributed by atoms with Crippen molar-refractivity contribution in [2.75, 3.05) is 0 Å². The van der Waals surface area contributed by atoms with Crippen LogP contribution in [0.2, 0.25) is 0 Å². The molecule has 0 fully saturated rings. The number of nitrogens with one attached hydrogen (secondary N) is 1. The molecular weight excluding hydrogens is 267 g/mol. The highest BCUT2D eigenvalue weighted by atomic mass is 32.1. The third-order valence-electron chi connectivity index (χ3n) is 2.18. The standard InChI is InChI=1S/C13H13FN2O2S/c1-8(2)15-13(17)18-11-7-19-12(16-11)9-3-5-10(14)6-4-9/h3-8H,1-2H3,(H,15,17). The minimum absolute atomic E-state index is 0.00250. The van der Waals surface area contributed by atoms with Crippen molar-refractivity contribution in [3.8, 4) is 16.5 Å². The lowest BCUT2D eigenvalue weighted by molar-refractivity contribution is 0.196. The van der Waals surface area contributed by atoms with E-state index < -0.39 is 6.09 Å². The Kier molecular flexibility index (Phi) is 4.11. The summed E-state index contributed by atoms with van der Waals surface area (Å²) in [6.07, 6.45) is -0.536. The normalized spacial score (nSPS) is 10.5. The second kappa shape index (κ2) is 5.79. The number of hydrogen-bond acceptors (Lipinski definition) is 4. The molecular formula is C13H13FN2O2S. The molecule has 0 saturated heterocycles. The number of carbonyl (C=O) groups excluding carboxylic acids is 1. The Labute approximate surface area is 114 Å². The maximum absolute atomic E-state index is 12.8. The van der Waals surface area contributed by atoms with Gasteiger partial charge in [0.05, 0.1) is 5.38 Å². The second-order valence-corrected chi connectivity index (χ2v) is 5.04. The molecule has 0 atom stereocenters. The molecule has 0 unspecified atom stereocenters. The first-order valence-corrected chi connectivity index (χ1v) is 6.62. The van der Waals surface area contributed by atoms with Crippen LogP contribution in [0.1, 0.15) is 13.8 Å². The summed E-state index contributed by atoms with van der Waals surface area (Å²) in [6, 6.07) is 5.99. The highest BCUT2D eigenvalue weighted by Crippen LogP contribution is 2.27. The van der Waals surface area contributed by atoms with Gasteiger partial charge in [-0.05, 0) is 38.1 Å². The highest BCUT2D eigenvalue weighted by Gasteiger charge is 2.10. The fourth-order valence-electron chi connectivity index (χ4n) is 1.39. The molecule has 1 N–H and O–H groups in total. The molecule has 2 rings (SSSR count). The van der Waals surface area contributed by atoms with Gasteiger partial charge >= 0.3 is 6.09 Å². The molecule has 0 aliphatic carbocycles. The number of rotatable bonds is 3. The van der Waals surface area contributed by atoms with Crippen LogP contribution in [-0.4, -0.2) is 17.1 Å². The number of amides is 1. The van der Waals surface area contributed by atoms with Crippen molar-refractivity contribution in [2.24, 2.45) is 0 Å². The van der Waals surface area contributed by atoms with Crippen LogP contribution in [0.4, 0.5) is 9.18 Å². The van der Waals surface area contributed by atoms with Gasteiger partial charge in [0.1, 0.15) is 10.8 Å². The van der Waals surface area contributed by atoms with Crippen molar-refractivity contribution < 1.29 is 13.9 Å². The van der Waals surface area contributed by atoms with Crippen LogP contribution in [0.3, 0.4) is 0 Å². The monoisotopic (exact) mass is 280 g/mol. The van der Waals surface area contributed by atoms with Gasteiger partial charge in [0.2, 0.25) is 5.88 Å². The highest BCUT2D eigenvalue weighted by molar-refractivity contribution is 7.13. The van der Waals surface area contributed by atoms with Crippen LogP contribution in [0.15, 0.2) is 29.6 Å². The van der Waals surface area contributed by atoms with Gasteiger partial charge in [0, 0.05) is 11.6 Å². The van der Waals surface area contributed by atoms with Gasteiger partial charge in [-0.1, -0.05) is 0 Å². The van der Waals surface area contributed by atoms with Gasteiger partial charge in [-0.15, -0.1) is 11.3 Å². The maximum Gasteiger partial charge on any atom is 0.414 e. The summed E-state index contributed by atoms with van der Waals surface area (Å²) >= 11 is 1.33. The molecule has 2 aromatic rings. The number of thiazole rings is 1. The van der Waals surface area contributed by atoms with E-state index in [1.165, 1.54) is 23.5 Å². The lowest BCUT2D eigenvalue weighted by Gasteiger charge is -2.06. The van der Waals surface area contributed by atoms with Crippen molar-refractivity contribution in [2.45, 2.75) is 19.9 Å². The van der Waals surface area contributed by atoms with Crippen molar-refractivity contribution in [1.29, 1.82) is 0 Å². The van der Waals surface area contributed by atoms with Crippen molar-refractivity contribution >= 4 is 17.4 Å². The summed E-state index contributed by atoms with van der Waals surface area (Å²) in [5.41, 5.74) is 0.783. The third-order valence-corrected chi connectivity index (χ3v) is 3.05. The molecule has 1 aromatic heterocycles. The zero-order chi connectivity index (χ0) is 13.8. The summed E-state index contributed by atoms with van der Waals surface area (Å²) in [5, 5.41) is 4.91. The number of carbonyl (C=O) groups is 1. The van der Waals surface area contributed by atoms with E-state index in [4.69, 9.17) is 4.74 Å². The van der Waals surface area contributed by atoms with Crippen molar-refractivity contribution in [3.05, 3.63) is 35.5 Å². The minimum Gasteiger partial charge on any atom is -0.390 e. The summed E-state index contributed by atoms with van der Waals surface area (Å²) < 4.78 is 17.8. The predicted octanol–water partition coefficient (Wildman–Crippen LogP) is 3.45. The summed E-state index contributed by atoms with van der Waals surface area (Å²) in [4.78, 5) is 15.6. The van der Waals surface area contributed by atoms with Gasteiger partial charge in [-0.3, -0.25) is 0 Å². The largest absolute Gasteiger partial charge is 0.414 e. The Balaban J connectivity index is 2.07. The average Bonchev–Trinajstić information content (AvgIpc) is 2.77. The maximum atomic E-state index is 12.8. The Bertz CT molecular complexity index is 566. The molecule has 1 aromatic carbocycles. The van der Waals surface area contributed by atoms with Crippen LogP contribution in [-0.2, 0) is 0 Å². The van der Waals surface area contributed by atoms with Gasteiger partial charge in [0.25, 0.3) is 0 Å². The Morgan fingerprint density at radius 1 is 1.37 bits per heavy atom. The van der Waals surface area contributed by atoms with Crippen LogP contribution in [0.25, 0.3) is 10.6 Å². The average molecular weight is 280 g/mol. The first-order chi connectivity index (χ1) is 9.04. The van der Waals surface area contributed by atoms with Crippen molar-refractivity contribution in [1.82, 2.24) is 10.3 Å². The smallest absolute Gasteiger partial charge is 0.390 e. The summed E-state index contributed by atoms with van der Waals surface area (Å²) in [6.45, 7) is 3.68. The number of ether oxygens (including phenoxy) is 1. The molecule has 0 aliphatic heterocycles. The van der Waals surface area contributed by atoms with E-state index in [2.05, 4.69) is 10.3 Å². The molecule has 0 spiro atoms. The van der Waals surface area contributed by atoms with E-state index >= 15 is 0 Å². The quantitative estimate of drug-likeness (QED) is 0.937. The molecule has 4 nitrogen and oxygen atoms in total. The second-order valence-electron chi connectivity index (χ2n) is 4.19. The van der Waals surface area contributed by atoms with Gasteiger partial charge < -0.3 is 10.1 Å². The number of hydrogen-bond donors (Lipinski definition) is 1. The molecule has 19 heavy (non-hydrogen) atoms.